The number of aromatic nitrogens is 2. The third-order valence-electron chi connectivity index (χ3n) is 6.95. The van der Waals surface area contributed by atoms with Crippen LogP contribution in [0.2, 0.25) is 0 Å². The van der Waals surface area contributed by atoms with Gasteiger partial charge in [0.05, 0.1) is 25.1 Å². The molecule has 11 nitrogen and oxygen atoms in total. The number of hydrogen-bond donors (Lipinski definition) is 4. The van der Waals surface area contributed by atoms with Crippen molar-refractivity contribution in [1.29, 1.82) is 5.41 Å². The molecule has 1 aromatic heterocycles. The Labute approximate surface area is 237 Å². The minimum atomic E-state index is -0.888. The molecule has 0 aliphatic carbocycles. The molecule has 1 amide bonds. The van der Waals surface area contributed by atoms with Crippen LogP contribution in [0.15, 0.2) is 52.1 Å². The Balaban J connectivity index is 1.87. The van der Waals surface area contributed by atoms with Crippen LogP contribution in [0.1, 0.15) is 29.2 Å². The largest absolute Gasteiger partial charge is 0.512 e. The molecule has 1 aliphatic heterocycles. The number of fused-ring (bicyclic) bond motifs is 3. The van der Waals surface area contributed by atoms with E-state index >= 15 is 0 Å². The van der Waals surface area contributed by atoms with E-state index < -0.39 is 17.4 Å². The number of aliphatic hydroxyl groups is 2. The van der Waals surface area contributed by atoms with Gasteiger partial charge in [0.1, 0.15) is 11.7 Å². The van der Waals surface area contributed by atoms with Crippen molar-refractivity contribution in [3.63, 3.8) is 0 Å². The zero-order valence-electron chi connectivity index (χ0n) is 23.9. The van der Waals surface area contributed by atoms with Gasteiger partial charge in [-0.25, -0.2) is 9.79 Å². The first-order chi connectivity index (χ1) is 19.6. The van der Waals surface area contributed by atoms with Gasteiger partial charge in [0.2, 0.25) is 0 Å². The van der Waals surface area contributed by atoms with Gasteiger partial charge in [-0.15, -0.1) is 0 Å². The van der Waals surface area contributed by atoms with Gasteiger partial charge in [-0.2, -0.15) is 0 Å². The van der Waals surface area contributed by atoms with Crippen molar-refractivity contribution in [3.05, 3.63) is 80.6 Å². The zero-order chi connectivity index (χ0) is 29.8. The molecule has 0 saturated heterocycles. The number of ether oxygens (including phenoxy) is 2. The van der Waals surface area contributed by atoms with Crippen LogP contribution in [0.3, 0.4) is 0 Å². The predicted octanol–water partition coefficient (Wildman–Crippen LogP) is 3.53. The highest BCUT2D eigenvalue weighted by molar-refractivity contribution is 6.43. The quantitative estimate of drug-likeness (QED) is 0.232. The van der Waals surface area contributed by atoms with Crippen molar-refractivity contribution in [2.45, 2.75) is 47.2 Å². The maximum atomic E-state index is 13.9. The molecule has 0 saturated carbocycles. The molecule has 0 bridgehead atoms. The average Bonchev–Trinajstić information content (AvgIpc) is 2.94. The summed E-state index contributed by atoms with van der Waals surface area (Å²) >= 11 is 0. The fourth-order valence-electron chi connectivity index (χ4n) is 5.09. The molecule has 4 rings (SSSR count). The van der Waals surface area contributed by atoms with Crippen molar-refractivity contribution in [3.8, 4) is 22.8 Å². The second kappa shape index (κ2) is 12.2. The maximum Gasteiger partial charge on any atom is 0.330 e. The van der Waals surface area contributed by atoms with Crippen molar-refractivity contribution in [1.82, 2.24) is 14.5 Å². The van der Waals surface area contributed by atoms with Gasteiger partial charge in [0.15, 0.2) is 23.0 Å². The second-order valence-corrected chi connectivity index (χ2v) is 9.82. The molecule has 3 aromatic rings. The standard InChI is InChI=1S/C30H35N5O6/c1-6-41-25-13-20-7-9-34-22(21(20)14-24(25)40-5)15-26(33-28-18(3)11-17(2)12-19(28)4)35(30(34)39)10-8-32-29(38)27(31)23(37)16-36/h11-16,31,36-37H,6-10H2,1-5H3,(H,32,38)/b23-16+,31-27?,33-26+. The van der Waals surface area contributed by atoms with Crippen molar-refractivity contribution < 1.29 is 24.5 Å². The number of amides is 1. The number of carbonyl (C=O) groups is 1. The summed E-state index contributed by atoms with van der Waals surface area (Å²) < 4.78 is 14.5. The molecule has 4 N–H and O–H groups in total. The van der Waals surface area contributed by atoms with Crippen LogP contribution in [-0.2, 0) is 24.3 Å². The summed E-state index contributed by atoms with van der Waals surface area (Å²) in [6.45, 7) is 8.84. The lowest BCUT2D eigenvalue weighted by atomic mass is 9.97. The third-order valence-corrected chi connectivity index (χ3v) is 6.95. The fourth-order valence-corrected chi connectivity index (χ4v) is 5.09. The SMILES string of the molecule is CCOc1cc2c(cc1OC)-c1c/c(=N\c3c(C)cc(C)cc3C)n(CCNC(=O)C(=N)/C(O)=C\O)c(=O)n1CC2. The summed E-state index contributed by atoms with van der Waals surface area (Å²) in [4.78, 5) is 31.1. The van der Waals surface area contributed by atoms with E-state index in [9.17, 15) is 14.7 Å². The van der Waals surface area contributed by atoms with Crippen LogP contribution in [0.5, 0.6) is 11.5 Å². The molecular formula is C30H35N5O6. The van der Waals surface area contributed by atoms with Gasteiger partial charge < -0.3 is 25.0 Å². The monoisotopic (exact) mass is 561 g/mol. The second-order valence-electron chi connectivity index (χ2n) is 9.82. The highest BCUT2D eigenvalue weighted by Gasteiger charge is 2.23. The lowest BCUT2D eigenvalue weighted by molar-refractivity contribution is -0.114. The average molecular weight is 562 g/mol. The number of hydrogen-bond acceptors (Lipinski definition) is 8. The number of nitrogens with one attached hydrogen (secondary N) is 2. The number of methoxy groups -OCH3 is 1. The summed E-state index contributed by atoms with van der Waals surface area (Å²) in [5.41, 5.74) is 5.67. The fraction of sp³-hybridized carbons (Fsp3) is 0.333. The van der Waals surface area contributed by atoms with Crippen LogP contribution in [-0.4, -0.2) is 51.2 Å². The Bertz CT molecular complexity index is 1660. The van der Waals surface area contributed by atoms with Gasteiger partial charge in [-0.3, -0.25) is 19.3 Å². The molecule has 2 aromatic carbocycles. The Hall–Kier alpha value is -4.80. The lowest BCUT2D eigenvalue weighted by Gasteiger charge is -2.25. The molecular weight excluding hydrogens is 526 g/mol. The minimum absolute atomic E-state index is 0.0182. The minimum Gasteiger partial charge on any atom is -0.512 e. The van der Waals surface area contributed by atoms with E-state index in [2.05, 4.69) is 5.32 Å². The molecule has 2 heterocycles. The predicted molar refractivity (Wildman–Crippen MR) is 156 cm³/mol. The lowest BCUT2D eigenvalue weighted by Crippen LogP contribution is -2.44. The van der Waals surface area contributed by atoms with Gasteiger partial charge in [0, 0.05) is 31.3 Å². The molecule has 0 radical (unpaired) electrons. The van der Waals surface area contributed by atoms with E-state index in [0.717, 1.165) is 33.5 Å². The Morgan fingerprint density at radius 1 is 1.15 bits per heavy atom. The topological polar surface area (TPSA) is 151 Å². The number of aryl methyl sites for hydroxylation is 4. The highest BCUT2D eigenvalue weighted by Crippen LogP contribution is 2.37. The van der Waals surface area contributed by atoms with E-state index in [0.29, 0.717) is 42.3 Å². The van der Waals surface area contributed by atoms with E-state index in [1.807, 2.05) is 58.0 Å². The van der Waals surface area contributed by atoms with Crippen LogP contribution in [0.25, 0.3) is 11.3 Å². The maximum absolute atomic E-state index is 13.9. The zero-order valence-corrected chi connectivity index (χ0v) is 23.9. The van der Waals surface area contributed by atoms with Crippen LogP contribution in [0.4, 0.5) is 5.69 Å². The van der Waals surface area contributed by atoms with Crippen LogP contribution < -0.4 is 26.0 Å². The van der Waals surface area contributed by atoms with Gasteiger partial charge in [-0.1, -0.05) is 17.7 Å². The van der Waals surface area contributed by atoms with Crippen LogP contribution in [0, 0.1) is 26.2 Å². The van der Waals surface area contributed by atoms with E-state index in [4.69, 9.17) is 25.0 Å². The molecule has 11 heteroatoms. The first kappa shape index (κ1) is 29.2. The van der Waals surface area contributed by atoms with Gasteiger partial charge in [-0.05, 0) is 62.9 Å². The summed E-state index contributed by atoms with van der Waals surface area (Å²) in [6.07, 6.45) is 0.888. The number of aliphatic hydroxyl groups excluding tert-OH is 2. The van der Waals surface area contributed by atoms with E-state index in [1.54, 1.807) is 11.7 Å². The number of benzene rings is 2. The van der Waals surface area contributed by atoms with E-state index in [1.165, 1.54) is 4.57 Å². The smallest absolute Gasteiger partial charge is 0.330 e. The molecule has 0 spiro atoms. The van der Waals surface area contributed by atoms with Gasteiger partial charge >= 0.3 is 5.69 Å². The summed E-state index contributed by atoms with van der Waals surface area (Å²) in [6, 6.07) is 9.77. The summed E-state index contributed by atoms with van der Waals surface area (Å²) in [5.74, 6) is -0.528. The first-order valence-electron chi connectivity index (χ1n) is 13.3. The van der Waals surface area contributed by atoms with Gasteiger partial charge in [0.25, 0.3) is 5.91 Å². The third kappa shape index (κ3) is 5.88. The summed E-state index contributed by atoms with van der Waals surface area (Å²) in [7, 11) is 1.58. The highest BCUT2D eigenvalue weighted by atomic mass is 16.5. The Morgan fingerprint density at radius 2 is 1.85 bits per heavy atom. The van der Waals surface area contributed by atoms with E-state index in [-0.39, 0.29) is 25.0 Å². The Morgan fingerprint density at radius 3 is 2.49 bits per heavy atom. The normalized spacial score (nSPS) is 12.9. The molecule has 0 fully saturated rings. The molecule has 0 atom stereocenters. The van der Waals surface area contributed by atoms with Crippen molar-refractivity contribution in [2.24, 2.45) is 4.99 Å². The first-order valence-corrected chi connectivity index (χ1v) is 13.3. The molecule has 216 valence electrons. The van der Waals surface area contributed by atoms with Crippen molar-refractivity contribution in [2.75, 3.05) is 20.3 Å². The molecule has 0 unspecified atom stereocenters. The number of carbonyl (C=O) groups excluding carboxylic acids is 1. The van der Waals surface area contributed by atoms with Crippen molar-refractivity contribution >= 4 is 17.3 Å². The summed E-state index contributed by atoms with van der Waals surface area (Å²) in [5, 5.41) is 28.5. The number of rotatable bonds is 9. The van der Waals surface area contributed by atoms with Crippen LogP contribution >= 0.6 is 0 Å². The Kier molecular flexibility index (Phi) is 8.65. The molecule has 1 aliphatic rings. The number of nitrogens with zero attached hydrogens (tertiary/aromatic N) is 3. The molecule has 41 heavy (non-hydrogen) atoms.